The van der Waals surface area contributed by atoms with Gasteiger partial charge in [0.1, 0.15) is 11.6 Å². The van der Waals surface area contributed by atoms with Gasteiger partial charge in [0.15, 0.2) is 17.8 Å². The first-order chi connectivity index (χ1) is 12.8. The summed E-state index contributed by atoms with van der Waals surface area (Å²) in [5.74, 6) is -0.397. The molecule has 3 rings (SSSR count). The minimum Gasteiger partial charge on any atom is -0.495 e. The summed E-state index contributed by atoms with van der Waals surface area (Å²) in [7, 11) is 1.53. The highest BCUT2D eigenvalue weighted by molar-refractivity contribution is 6.07. The number of anilines is 1. The fraction of sp³-hybridized carbons (Fsp3) is 0.238. The number of rotatable bonds is 4. The van der Waals surface area contributed by atoms with Crippen molar-refractivity contribution in [2.45, 2.75) is 26.2 Å². The Morgan fingerprint density at radius 3 is 2.59 bits per heavy atom. The van der Waals surface area contributed by atoms with E-state index in [1.165, 1.54) is 19.2 Å². The maximum Gasteiger partial charge on any atom is 0.278 e. The van der Waals surface area contributed by atoms with Gasteiger partial charge in [-0.05, 0) is 35.2 Å². The van der Waals surface area contributed by atoms with Crippen LogP contribution in [0.4, 0.5) is 10.1 Å². The molecule has 1 N–H and O–H groups in total. The number of ether oxygens (including phenoxy) is 1. The molecular formula is C21H21FN2O3. The Kier molecular flexibility index (Phi) is 4.99. The second-order valence-corrected chi connectivity index (χ2v) is 7.13. The zero-order valence-electron chi connectivity index (χ0n) is 15.7. The number of nitrogens with one attached hydrogen (secondary N) is 1. The summed E-state index contributed by atoms with van der Waals surface area (Å²) >= 11 is 0. The number of carbonyl (C=O) groups is 1. The van der Waals surface area contributed by atoms with Gasteiger partial charge in [0.2, 0.25) is 0 Å². The highest BCUT2D eigenvalue weighted by atomic mass is 19.1. The van der Waals surface area contributed by atoms with Gasteiger partial charge in [0, 0.05) is 0 Å². The van der Waals surface area contributed by atoms with Crippen molar-refractivity contribution in [2.75, 3.05) is 12.4 Å². The number of methoxy groups -OCH3 is 1. The van der Waals surface area contributed by atoms with Gasteiger partial charge in [-0.2, -0.15) is 0 Å². The zero-order valence-corrected chi connectivity index (χ0v) is 15.7. The Hall–Kier alpha value is -3.15. The summed E-state index contributed by atoms with van der Waals surface area (Å²) in [5.41, 5.74) is 1.63. The first kappa shape index (κ1) is 18.6. The van der Waals surface area contributed by atoms with Gasteiger partial charge in [-0.15, -0.1) is 0 Å². The maximum atomic E-state index is 14.1. The van der Waals surface area contributed by atoms with Crippen LogP contribution in [-0.2, 0) is 5.41 Å². The van der Waals surface area contributed by atoms with Crippen LogP contribution in [0.5, 0.6) is 5.75 Å². The molecule has 1 aromatic heterocycles. The topological polar surface area (TPSA) is 64.4 Å². The van der Waals surface area contributed by atoms with Gasteiger partial charge in [-0.25, -0.2) is 9.37 Å². The summed E-state index contributed by atoms with van der Waals surface area (Å²) in [4.78, 5) is 16.8. The minimum atomic E-state index is -0.508. The molecule has 0 saturated carbocycles. The molecule has 6 heteroatoms. The van der Waals surface area contributed by atoms with Crippen molar-refractivity contribution < 1.29 is 18.3 Å². The molecule has 0 saturated heterocycles. The lowest BCUT2D eigenvalue weighted by Gasteiger charge is -2.21. The molecule has 5 nitrogen and oxygen atoms in total. The van der Waals surface area contributed by atoms with Gasteiger partial charge in [-0.3, -0.25) is 4.79 Å². The fourth-order valence-corrected chi connectivity index (χ4v) is 2.70. The molecule has 27 heavy (non-hydrogen) atoms. The Balaban J connectivity index is 1.96. The summed E-state index contributed by atoms with van der Waals surface area (Å²) in [5, 5.41) is 2.80. The summed E-state index contributed by atoms with van der Waals surface area (Å²) in [6.07, 6.45) is 1.12. The summed E-state index contributed by atoms with van der Waals surface area (Å²) in [6, 6.07) is 11.7. The zero-order chi connectivity index (χ0) is 19.6. The van der Waals surface area contributed by atoms with Gasteiger partial charge >= 0.3 is 0 Å². The van der Waals surface area contributed by atoms with Crippen molar-refractivity contribution in [2.24, 2.45) is 0 Å². The smallest absolute Gasteiger partial charge is 0.278 e. The Labute approximate surface area is 157 Å². The van der Waals surface area contributed by atoms with Crippen molar-refractivity contribution in [1.29, 1.82) is 0 Å². The maximum absolute atomic E-state index is 14.1. The lowest BCUT2D eigenvalue weighted by molar-refractivity contribution is 0.102. The minimum absolute atomic E-state index is 0.00307. The van der Waals surface area contributed by atoms with Crippen molar-refractivity contribution >= 4 is 11.6 Å². The lowest BCUT2D eigenvalue weighted by atomic mass is 9.87. The monoisotopic (exact) mass is 368 g/mol. The van der Waals surface area contributed by atoms with Crippen molar-refractivity contribution in [3.63, 3.8) is 0 Å². The van der Waals surface area contributed by atoms with Gasteiger partial charge < -0.3 is 14.5 Å². The van der Waals surface area contributed by atoms with Crippen LogP contribution in [0, 0.1) is 5.82 Å². The van der Waals surface area contributed by atoms with Crippen LogP contribution in [0.2, 0.25) is 0 Å². The molecule has 0 aliphatic carbocycles. The number of amides is 1. The van der Waals surface area contributed by atoms with Gasteiger partial charge in [-0.1, -0.05) is 39.0 Å². The fourth-order valence-electron chi connectivity index (χ4n) is 2.70. The molecule has 140 valence electrons. The third-order valence-corrected chi connectivity index (χ3v) is 4.21. The van der Waals surface area contributed by atoms with Crippen molar-refractivity contribution in [1.82, 2.24) is 4.98 Å². The van der Waals surface area contributed by atoms with E-state index in [0.717, 1.165) is 12.0 Å². The lowest BCUT2D eigenvalue weighted by Crippen LogP contribution is -2.16. The molecule has 1 heterocycles. The predicted octanol–water partition coefficient (Wildman–Crippen LogP) is 5.04. The van der Waals surface area contributed by atoms with E-state index >= 15 is 0 Å². The Bertz CT molecular complexity index is 974. The van der Waals surface area contributed by atoms with E-state index in [2.05, 4.69) is 31.1 Å². The van der Waals surface area contributed by atoms with Crippen LogP contribution < -0.4 is 10.1 Å². The average Bonchev–Trinajstić information content (AvgIpc) is 3.11. The number of carbonyl (C=O) groups excluding carboxylic acids is 1. The largest absolute Gasteiger partial charge is 0.495 e. The van der Waals surface area contributed by atoms with E-state index in [-0.39, 0.29) is 22.4 Å². The van der Waals surface area contributed by atoms with E-state index in [1.54, 1.807) is 18.2 Å². The first-order valence-corrected chi connectivity index (χ1v) is 8.49. The summed E-state index contributed by atoms with van der Waals surface area (Å²) in [6.45, 7) is 6.23. The van der Waals surface area contributed by atoms with E-state index in [0.29, 0.717) is 11.4 Å². The summed E-state index contributed by atoms with van der Waals surface area (Å²) < 4.78 is 24.7. The first-order valence-electron chi connectivity index (χ1n) is 8.49. The molecule has 0 aliphatic rings. The van der Waals surface area contributed by atoms with Crippen LogP contribution in [-0.4, -0.2) is 18.0 Å². The molecule has 0 spiro atoms. The molecule has 0 atom stereocenters. The number of hydrogen-bond donors (Lipinski definition) is 1. The molecular weight excluding hydrogens is 347 g/mol. The second kappa shape index (κ2) is 7.23. The van der Waals surface area contributed by atoms with Crippen LogP contribution in [0.1, 0.15) is 36.8 Å². The molecule has 0 radical (unpaired) electrons. The molecule has 2 aromatic carbocycles. The van der Waals surface area contributed by atoms with E-state index in [9.17, 15) is 9.18 Å². The van der Waals surface area contributed by atoms with Gasteiger partial charge in [0.25, 0.3) is 5.91 Å². The molecule has 0 aliphatic heterocycles. The normalized spacial score (nSPS) is 11.3. The molecule has 0 fully saturated rings. The van der Waals surface area contributed by atoms with E-state index < -0.39 is 11.7 Å². The molecule has 3 aromatic rings. The molecule has 0 unspecified atom stereocenters. The van der Waals surface area contributed by atoms with Gasteiger partial charge in [0.05, 0.1) is 18.4 Å². The Morgan fingerprint density at radius 1 is 1.19 bits per heavy atom. The third-order valence-electron chi connectivity index (χ3n) is 4.21. The average molecular weight is 368 g/mol. The SMILES string of the molecule is COc1ccc(C(C)(C)C)cc1NC(=O)c1ncoc1-c1ccccc1F. The number of hydrogen-bond acceptors (Lipinski definition) is 4. The second-order valence-electron chi connectivity index (χ2n) is 7.13. The Morgan fingerprint density at radius 2 is 1.93 bits per heavy atom. The predicted molar refractivity (Wildman–Crippen MR) is 102 cm³/mol. The molecule has 1 amide bonds. The highest BCUT2D eigenvalue weighted by Crippen LogP contribution is 2.32. The van der Waals surface area contributed by atoms with Crippen LogP contribution >= 0.6 is 0 Å². The number of aromatic nitrogens is 1. The third kappa shape index (κ3) is 3.84. The van der Waals surface area contributed by atoms with E-state index in [4.69, 9.17) is 9.15 Å². The molecule has 0 bridgehead atoms. The van der Waals surface area contributed by atoms with Crippen molar-refractivity contribution in [3.05, 3.63) is 65.9 Å². The van der Waals surface area contributed by atoms with Crippen LogP contribution in [0.25, 0.3) is 11.3 Å². The van der Waals surface area contributed by atoms with Crippen molar-refractivity contribution in [3.8, 4) is 17.1 Å². The number of benzene rings is 2. The number of halogens is 1. The number of nitrogens with zero attached hydrogens (tertiary/aromatic N) is 1. The highest BCUT2D eigenvalue weighted by Gasteiger charge is 2.23. The van der Waals surface area contributed by atoms with E-state index in [1.807, 2.05) is 12.1 Å². The van der Waals surface area contributed by atoms with Crippen LogP contribution in [0.3, 0.4) is 0 Å². The quantitative estimate of drug-likeness (QED) is 0.701. The number of oxazole rings is 1. The van der Waals surface area contributed by atoms with Crippen LogP contribution in [0.15, 0.2) is 53.3 Å². The standard InChI is InChI=1S/C21H21FN2O3/c1-21(2,3)13-9-10-17(26-4)16(11-13)24-20(25)18-19(27-12-23-18)14-7-5-6-8-15(14)22/h5-12H,1-4H3,(H,24,25).